The molecule has 1 fully saturated rings. The minimum atomic E-state index is -0.590. The first-order valence-electron chi connectivity index (χ1n) is 4.92. The van der Waals surface area contributed by atoms with Gasteiger partial charge in [-0.2, -0.15) is 0 Å². The van der Waals surface area contributed by atoms with Crippen molar-refractivity contribution < 1.29 is 19.4 Å². The average molecular weight is 313 g/mol. The van der Waals surface area contributed by atoms with Gasteiger partial charge in [-0.25, -0.2) is 4.79 Å². The van der Waals surface area contributed by atoms with E-state index in [4.69, 9.17) is 4.74 Å². The number of imide groups is 1. The van der Waals surface area contributed by atoms with E-state index in [0.717, 1.165) is 0 Å². The molecule has 0 unspecified atom stereocenters. The molecule has 0 radical (unpaired) electrons. The van der Waals surface area contributed by atoms with E-state index in [9.17, 15) is 14.7 Å². The molecule has 3 amide bonds. The topological polar surface area (TPSA) is 87.7 Å². The van der Waals surface area contributed by atoms with Gasteiger partial charge in [-0.15, -0.1) is 0 Å². The predicted molar refractivity (Wildman–Crippen MR) is 67.0 cm³/mol. The Hall–Kier alpha value is -2.02. The van der Waals surface area contributed by atoms with Crippen molar-refractivity contribution in [3.8, 4) is 11.5 Å². The molecule has 1 aromatic rings. The average Bonchev–Trinajstić information content (AvgIpc) is 2.62. The Kier molecular flexibility index (Phi) is 3.24. The zero-order chi connectivity index (χ0) is 13.3. The van der Waals surface area contributed by atoms with Gasteiger partial charge in [-0.3, -0.25) is 10.1 Å². The molecule has 0 aliphatic carbocycles. The van der Waals surface area contributed by atoms with Crippen molar-refractivity contribution in [1.29, 1.82) is 0 Å². The fourth-order valence-electron chi connectivity index (χ4n) is 1.50. The first kappa shape index (κ1) is 12.4. The number of halogens is 1. The molecule has 0 saturated carbocycles. The van der Waals surface area contributed by atoms with Gasteiger partial charge in [-0.1, -0.05) is 15.9 Å². The van der Waals surface area contributed by atoms with Crippen molar-refractivity contribution >= 4 is 33.9 Å². The lowest BCUT2D eigenvalue weighted by Crippen LogP contribution is -2.22. The summed E-state index contributed by atoms with van der Waals surface area (Å²) in [6.45, 7) is 0. The molecule has 0 spiro atoms. The van der Waals surface area contributed by atoms with E-state index in [1.54, 1.807) is 12.1 Å². The zero-order valence-corrected chi connectivity index (χ0v) is 10.9. The van der Waals surface area contributed by atoms with E-state index >= 15 is 0 Å². The van der Waals surface area contributed by atoms with Crippen molar-refractivity contribution in [2.45, 2.75) is 0 Å². The summed E-state index contributed by atoms with van der Waals surface area (Å²) in [5.41, 5.74) is 0.420. The van der Waals surface area contributed by atoms with Crippen LogP contribution in [0.15, 0.2) is 22.3 Å². The highest BCUT2D eigenvalue weighted by Gasteiger charge is 2.23. The number of nitrogens with one attached hydrogen (secondary N) is 2. The highest BCUT2D eigenvalue weighted by atomic mass is 79.9. The van der Waals surface area contributed by atoms with Crippen LogP contribution in [0.25, 0.3) is 6.08 Å². The van der Waals surface area contributed by atoms with Gasteiger partial charge in [0.1, 0.15) is 5.70 Å². The second kappa shape index (κ2) is 4.69. The lowest BCUT2D eigenvalue weighted by Gasteiger charge is -2.07. The van der Waals surface area contributed by atoms with Crippen LogP contribution >= 0.6 is 15.9 Å². The van der Waals surface area contributed by atoms with Gasteiger partial charge in [-0.05, 0) is 18.2 Å². The molecule has 94 valence electrons. The predicted octanol–water partition coefficient (Wildman–Crippen LogP) is 1.34. The number of urea groups is 1. The summed E-state index contributed by atoms with van der Waals surface area (Å²) in [5, 5.41) is 14.3. The summed E-state index contributed by atoms with van der Waals surface area (Å²) >= 11 is 3.26. The molecule has 0 bridgehead atoms. The van der Waals surface area contributed by atoms with Crippen LogP contribution in [0.4, 0.5) is 4.79 Å². The van der Waals surface area contributed by atoms with Crippen molar-refractivity contribution in [3.63, 3.8) is 0 Å². The number of hydrogen-bond donors (Lipinski definition) is 3. The highest BCUT2D eigenvalue weighted by Crippen LogP contribution is 2.34. The van der Waals surface area contributed by atoms with Crippen LogP contribution in [0.1, 0.15) is 5.56 Å². The van der Waals surface area contributed by atoms with E-state index in [1.807, 2.05) is 0 Å². The zero-order valence-electron chi connectivity index (χ0n) is 9.28. The maximum atomic E-state index is 11.4. The fourth-order valence-corrected chi connectivity index (χ4v) is 1.95. The molecular formula is C11H9BrN2O4. The van der Waals surface area contributed by atoms with Crippen LogP contribution in [0.3, 0.4) is 0 Å². The molecule has 6 nitrogen and oxygen atoms in total. The summed E-state index contributed by atoms with van der Waals surface area (Å²) in [6.07, 6.45) is 1.36. The Balaban J connectivity index is 2.46. The van der Waals surface area contributed by atoms with Crippen LogP contribution in [0.5, 0.6) is 11.5 Å². The molecule has 2 rings (SSSR count). The summed E-state index contributed by atoms with van der Waals surface area (Å²) < 4.78 is 5.66. The SMILES string of the molecule is COc1cc(Br)cc(/C=C2\NC(=O)NC2=O)c1O. The number of benzene rings is 1. The number of amides is 3. The maximum Gasteiger partial charge on any atom is 0.326 e. The minimum absolute atomic E-state index is 0.0652. The number of methoxy groups -OCH3 is 1. The Bertz CT molecular complexity index is 568. The molecule has 1 aromatic carbocycles. The van der Waals surface area contributed by atoms with Crippen LogP contribution < -0.4 is 15.4 Å². The van der Waals surface area contributed by atoms with Gasteiger partial charge in [0.05, 0.1) is 7.11 Å². The summed E-state index contributed by atoms with van der Waals surface area (Å²) in [7, 11) is 1.42. The summed E-state index contributed by atoms with van der Waals surface area (Å²) in [5.74, 6) is -0.388. The number of phenols is 1. The third-order valence-electron chi connectivity index (χ3n) is 2.31. The second-order valence-electron chi connectivity index (χ2n) is 3.51. The largest absolute Gasteiger partial charge is 0.504 e. The highest BCUT2D eigenvalue weighted by molar-refractivity contribution is 9.10. The van der Waals surface area contributed by atoms with Crippen LogP contribution in [-0.2, 0) is 4.79 Å². The van der Waals surface area contributed by atoms with E-state index < -0.39 is 11.9 Å². The second-order valence-corrected chi connectivity index (χ2v) is 4.43. The van der Waals surface area contributed by atoms with Gasteiger partial charge >= 0.3 is 6.03 Å². The van der Waals surface area contributed by atoms with E-state index in [2.05, 4.69) is 26.6 Å². The molecule has 3 N–H and O–H groups in total. The monoisotopic (exact) mass is 312 g/mol. The third kappa shape index (κ3) is 2.30. The molecule has 0 aromatic heterocycles. The van der Waals surface area contributed by atoms with Gasteiger partial charge in [0, 0.05) is 10.0 Å². The number of carbonyl (C=O) groups is 2. The molecule has 1 aliphatic heterocycles. The molecule has 1 heterocycles. The summed E-state index contributed by atoms with van der Waals surface area (Å²) in [6, 6.07) is 2.60. The standard InChI is InChI=1S/C11H9BrN2O4/c1-18-8-4-6(12)2-5(9(8)15)3-7-10(16)14-11(17)13-7/h2-4,15H,1H3,(H2,13,14,16,17)/b7-3-. The molecule has 1 aliphatic rings. The molecule has 7 heteroatoms. The van der Waals surface area contributed by atoms with E-state index in [0.29, 0.717) is 10.0 Å². The first-order chi connectivity index (χ1) is 8.51. The van der Waals surface area contributed by atoms with Crippen molar-refractivity contribution in [1.82, 2.24) is 10.6 Å². The Morgan fingerprint density at radius 3 is 2.61 bits per heavy atom. The Morgan fingerprint density at radius 1 is 1.33 bits per heavy atom. The third-order valence-corrected chi connectivity index (χ3v) is 2.77. The number of carbonyl (C=O) groups excluding carboxylic acids is 2. The van der Waals surface area contributed by atoms with Gasteiger partial charge < -0.3 is 15.2 Å². The van der Waals surface area contributed by atoms with Crippen LogP contribution in [0, 0.1) is 0 Å². The summed E-state index contributed by atoms with van der Waals surface area (Å²) in [4.78, 5) is 22.3. The Morgan fingerprint density at radius 2 is 2.06 bits per heavy atom. The minimum Gasteiger partial charge on any atom is -0.504 e. The number of phenolic OH excluding ortho intramolecular Hbond substituents is 1. The first-order valence-corrected chi connectivity index (χ1v) is 5.71. The van der Waals surface area contributed by atoms with Crippen molar-refractivity contribution in [2.24, 2.45) is 0 Å². The van der Waals surface area contributed by atoms with Gasteiger partial charge in [0.2, 0.25) is 0 Å². The maximum absolute atomic E-state index is 11.4. The lowest BCUT2D eigenvalue weighted by molar-refractivity contribution is -0.115. The normalized spacial score (nSPS) is 16.7. The Labute approximate surface area is 111 Å². The van der Waals surface area contributed by atoms with Gasteiger partial charge in [0.25, 0.3) is 5.91 Å². The number of aromatic hydroxyl groups is 1. The van der Waals surface area contributed by atoms with E-state index in [1.165, 1.54) is 13.2 Å². The van der Waals surface area contributed by atoms with Crippen LogP contribution in [-0.4, -0.2) is 24.2 Å². The fraction of sp³-hybridized carbons (Fsp3) is 0.0909. The molecular weight excluding hydrogens is 304 g/mol. The molecule has 1 saturated heterocycles. The van der Waals surface area contributed by atoms with Crippen molar-refractivity contribution in [3.05, 3.63) is 27.9 Å². The van der Waals surface area contributed by atoms with Crippen molar-refractivity contribution in [2.75, 3.05) is 7.11 Å². The number of ether oxygens (including phenoxy) is 1. The molecule has 0 atom stereocenters. The number of rotatable bonds is 2. The molecule has 18 heavy (non-hydrogen) atoms. The smallest absolute Gasteiger partial charge is 0.326 e. The quantitative estimate of drug-likeness (QED) is 0.568. The van der Waals surface area contributed by atoms with Crippen LogP contribution in [0.2, 0.25) is 0 Å². The number of hydrogen-bond acceptors (Lipinski definition) is 4. The van der Waals surface area contributed by atoms with Gasteiger partial charge in [0.15, 0.2) is 11.5 Å². The lowest BCUT2D eigenvalue weighted by atomic mass is 10.1. The van der Waals surface area contributed by atoms with E-state index in [-0.39, 0.29) is 17.2 Å².